The SMILES string of the molecule is COc1ccc2c(c1)C(=O)[C@@H](NC(=O)C(F)(F)F)CC2. The van der Waals surface area contributed by atoms with Crippen LogP contribution in [0.2, 0.25) is 0 Å². The van der Waals surface area contributed by atoms with Gasteiger partial charge in [-0.15, -0.1) is 0 Å². The smallest absolute Gasteiger partial charge is 0.471 e. The minimum atomic E-state index is -4.99. The molecule has 1 amide bonds. The van der Waals surface area contributed by atoms with Crippen molar-refractivity contribution in [1.29, 1.82) is 0 Å². The van der Waals surface area contributed by atoms with E-state index in [4.69, 9.17) is 4.74 Å². The maximum absolute atomic E-state index is 12.2. The van der Waals surface area contributed by atoms with Crippen molar-refractivity contribution < 1.29 is 27.5 Å². The quantitative estimate of drug-likeness (QED) is 0.903. The highest BCUT2D eigenvalue weighted by Crippen LogP contribution is 2.26. The molecule has 4 nitrogen and oxygen atoms in total. The number of Topliss-reactive ketones (excluding diaryl/α,β-unsaturated/α-hetero) is 1. The molecule has 1 aliphatic rings. The highest BCUT2D eigenvalue weighted by Gasteiger charge is 2.41. The number of ketones is 1. The van der Waals surface area contributed by atoms with E-state index >= 15 is 0 Å². The summed E-state index contributed by atoms with van der Waals surface area (Å²) in [6.45, 7) is 0. The van der Waals surface area contributed by atoms with Gasteiger partial charge in [0, 0.05) is 5.56 Å². The molecule has 0 saturated carbocycles. The number of benzene rings is 1. The molecule has 0 bridgehead atoms. The van der Waals surface area contributed by atoms with Crippen molar-refractivity contribution in [3.05, 3.63) is 29.3 Å². The molecular weight excluding hydrogens is 275 g/mol. The molecule has 0 aromatic heterocycles. The Morgan fingerprint density at radius 2 is 2.10 bits per heavy atom. The summed E-state index contributed by atoms with van der Waals surface area (Å²) in [6.07, 6.45) is -4.41. The summed E-state index contributed by atoms with van der Waals surface area (Å²) in [5.74, 6) is -2.18. The van der Waals surface area contributed by atoms with Crippen LogP contribution in [0, 0.1) is 0 Å². The Kier molecular flexibility index (Phi) is 3.69. The molecule has 0 unspecified atom stereocenters. The maximum atomic E-state index is 12.2. The first-order valence-electron chi connectivity index (χ1n) is 5.91. The highest BCUT2D eigenvalue weighted by molar-refractivity contribution is 6.04. The van der Waals surface area contributed by atoms with Crippen LogP contribution in [0.15, 0.2) is 18.2 Å². The zero-order valence-electron chi connectivity index (χ0n) is 10.6. The van der Waals surface area contributed by atoms with Gasteiger partial charge in [0.1, 0.15) is 5.75 Å². The lowest BCUT2D eigenvalue weighted by Gasteiger charge is -2.24. The number of amides is 1. The van der Waals surface area contributed by atoms with Crippen molar-refractivity contribution >= 4 is 11.7 Å². The Labute approximate surface area is 112 Å². The summed E-state index contributed by atoms with van der Waals surface area (Å²) < 4.78 is 41.6. The molecular formula is C13H12F3NO3. The van der Waals surface area contributed by atoms with Crippen molar-refractivity contribution in [3.8, 4) is 5.75 Å². The van der Waals surface area contributed by atoms with Gasteiger partial charge in [0.15, 0.2) is 5.78 Å². The van der Waals surface area contributed by atoms with Gasteiger partial charge in [0.25, 0.3) is 0 Å². The first-order valence-corrected chi connectivity index (χ1v) is 5.91. The number of alkyl halides is 3. The van der Waals surface area contributed by atoms with Crippen molar-refractivity contribution in [1.82, 2.24) is 5.32 Å². The van der Waals surface area contributed by atoms with Gasteiger partial charge in [-0.25, -0.2) is 0 Å². The van der Waals surface area contributed by atoms with E-state index in [1.165, 1.54) is 13.2 Å². The van der Waals surface area contributed by atoms with Crippen LogP contribution in [0.5, 0.6) is 5.75 Å². The van der Waals surface area contributed by atoms with Crippen molar-refractivity contribution in [2.75, 3.05) is 7.11 Å². The largest absolute Gasteiger partial charge is 0.497 e. The second kappa shape index (κ2) is 5.15. The fourth-order valence-electron chi connectivity index (χ4n) is 2.13. The molecule has 0 aliphatic heterocycles. The third-order valence-corrected chi connectivity index (χ3v) is 3.16. The first kappa shape index (κ1) is 14.4. The summed E-state index contributed by atoms with van der Waals surface area (Å²) in [5, 5.41) is 1.73. The number of halogens is 3. The first-order chi connectivity index (χ1) is 9.32. The summed E-state index contributed by atoms with van der Waals surface area (Å²) in [7, 11) is 1.43. The van der Waals surface area contributed by atoms with E-state index in [0.717, 1.165) is 5.56 Å². The van der Waals surface area contributed by atoms with Crippen molar-refractivity contribution in [2.45, 2.75) is 25.1 Å². The van der Waals surface area contributed by atoms with Crippen LogP contribution in [0.3, 0.4) is 0 Å². The number of carbonyl (C=O) groups excluding carboxylic acids is 2. The topological polar surface area (TPSA) is 55.4 Å². The number of rotatable bonds is 2. The van der Waals surface area contributed by atoms with Gasteiger partial charge in [-0.2, -0.15) is 13.2 Å². The molecule has 0 heterocycles. The average Bonchev–Trinajstić information content (AvgIpc) is 2.40. The monoisotopic (exact) mass is 287 g/mol. The van der Waals surface area contributed by atoms with Crippen LogP contribution in [0.4, 0.5) is 13.2 Å². The second-order valence-corrected chi connectivity index (χ2v) is 4.45. The molecule has 1 aromatic carbocycles. The molecule has 0 spiro atoms. The molecule has 1 aliphatic carbocycles. The molecule has 108 valence electrons. The number of ether oxygens (including phenoxy) is 1. The molecule has 7 heteroatoms. The zero-order chi connectivity index (χ0) is 14.9. The zero-order valence-corrected chi connectivity index (χ0v) is 10.6. The molecule has 0 fully saturated rings. The van der Waals surface area contributed by atoms with Crippen LogP contribution in [0.25, 0.3) is 0 Å². The highest BCUT2D eigenvalue weighted by atomic mass is 19.4. The molecule has 1 aromatic rings. The van der Waals surface area contributed by atoms with E-state index in [0.29, 0.717) is 17.7 Å². The van der Waals surface area contributed by atoms with Crippen molar-refractivity contribution in [2.24, 2.45) is 0 Å². The predicted molar refractivity (Wildman–Crippen MR) is 63.6 cm³/mol. The van der Waals surface area contributed by atoms with Crippen LogP contribution in [-0.2, 0) is 11.2 Å². The molecule has 20 heavy (non-hydrogen) atoms. The minimum absolute atomic E-state index is 0.153. The van der Waals surface area contributed by atoms with Crippen LogP contribution in [-0.4, -0.2) is 31.0 Å². The van der Waals surface area contributed by atoms with Crippen LogP contribution >= 0.6 is 0 Å². The fraction of sp³-hybridized carbons (Fsp3) is 0.385. The molecule has 1 N–H and O–H groups in total. The second-order valence-electron chi connectivity index (χ2n) is 4.45. The van der Waals surface area contributed by atoms with Crippen molar-refractivity contribution in [3.63, 3.8) is 0 Å². The Morgan fingerprint density at radius 3 is 2.70 bits per heavy atom. The number of carbonyl (C=O) groups is 2. The van der Waals surface area contributed by atoms with Gasteiger partial charge in [-0.1, -0.05) is 6.07 Å². The third kappa shape index (κ3) is 2.76. The molecule has 0 saturated heterocycles. The number of methoxy groups -OCH3 is 1. The predicted octanol–water partition coefficient (Wildman–Crippen LogP) is 1.87. The lowest BCUT2D eigenvalue weighted by Crippen LogP contribution is -2.48. The van der Waals surface area contributed by atoms with E-state index in [-0.39, 0.29) is 6.42 Å². The van der Waals surface area contributed by atoms with Gasteiger partial charge in [0.2, 0.25) is 0 Å². The Balaban J connectivity index is 2.21. The van der Waals surface area contributed by atoms with Gasteiger partial charge < -0.3 is 10.1 Å². The standard InChI is InChI=1S/C13H12F3NO3/c1-20-8-4-2-7-3-5-10(11(18)9(7)6-8)17-12(19)13(14,15)16/h2,4,6,10H,3,5H2,1H3,(H,17,19)/t10-/m0/s1. The summed E-state index contributed by atoms with van der Waals surface area (Å²) in [4.78, 5) is 23.0. The summed E-state index contributed by atoms with van der Waals surface area (Å²) in [5.41, 5.74) is 1.04. The van der Waals surface area contributed by atoms with Gasteiger partial charge in [0.05, 0.1) is 13.2 Å². The van der Waals surface area contributed by atoms with E-state index in [9.17, 15) is 22.8 Å². The lowest BCUT2D eigenvalue weighted by atomic mass is 9.87. The van der Waals surface area contributed by atoms with Crippen LogP contribution < -0.4 is 10.1 Å². The number of hydrogen-bond acceptors (Lipinski definition) is 3. The number of nitrogens with one attached hydrogen (secondary N) is 1. The van der Waals surface area contributed by atoms with E-state index in [2.05, 4.69) is 0 Å². The number of aryl methyl sites for hydroxylation is 1. The van der Waals surface area contributed by atoms with E-state index in [1.54, 1.807) is 17.4 Å². The minimum Gasteiger partial charge on any atom is -0.497 e. The Bertz CT molecular complexity index is 554. The normalized spacial score (nSPS) is 18.4. The van der Waals surface area contributed by atoms with Gasteiger partial charge in [-0.05, 0) is 30.5 Å². The Hall–Kier alpha value is -2.05. The van der Waals surface area contributed by atoms with E-state index < -0.39 is 23.9 Å². The number of hydrogen-bond donors (Lipinski definition) is 1. The molecule has 2 rings (SSSR count). The molecule has 1 atom stereocenters. The summed E-state index contributed by atoms with van der Waals surface area (Å²) in [6, 6.07) is 3.71. The number of fused-ring (bicyclic) bond motifs is 1. The average molecular weight is 287 g/mol. The summed E-state index contributed by atoms with van der Waals surface area (Å²) >= 11 is 0. The van der Waals surface area contributed by atoms with Crippen LogP contribution in [0.1, 0.15) is 22.3 Å². The van der Waals surface area contributed by atoms with Gasteiger partial charge in [-0.3, -0.25) is 9.59 Å². The maximum Gasteiger partial charge on any atom is 0.471 e. The lowest BCUT2D eigenvalue weighted by molar-refractivity contribution is -0.174. The van der Waals surface area contributed by atoms with Gasteiger partial charge >= 0.3 is 12.1 Å². The van der Waals surface area contributed by atoms with E-state index in [1.807, 2.05) is 0 Å². The third-order valence-electron chi connectivity index (χ3n) is 3.16. The fourth-order valence-corrected chi connectivity index (χ4v) is 2.13. The Morgan fingerprint density at radius 1 is 1.40 bits per heavy atom. The molecule has 0 radical (unpaired) electrons.